The van der Waals surface area contributed by atoms with E-state index >= 15 is 0 Å². The van der Waals surface area contributed by atoms with Gasteiger partial charge in [0.25, 0.3) is 10.0 Å². The summed E-state index contributed by atoms with van der Waals surface area (Å²) in [4.78, 5) is 12.8. The molecular formula is C22H22N2O3S. The van der Waals surface area contributed by atoms with Crippen LogP contribution in [0, 0.1) is 0 Å². The molecule has 0 fully saturated rings. The summed E-state index contributed by atoms with van der Waals surface area (Å²) in [5, 5.41) is 2.76. The standard InChI is InChI=1S/C22H22N2O3S/c1-2-18-11-9-10-16-21(18)24(28(26,27)20-14-7-4-8-15-20)17-22(25)23-19-12-5-3-6-13-19/h3-16H,2,17H2,1H3,(H,23,25). The molecule has 0 unspecified atom stereocenters. The number of para-hydroxylation sites is 2. The zero-order valence-electron chi connectivity index (χ0n) is 15.6. The Balaban J connectivity index is 1.99. The molecule has 0 heterocycles. The Kier molecular flexibility index (Phi) is 6.11. The first-order valence-electron chi connectivity index (χ1n) is 9.03. The molecule has 6 heteroatoms. The average Bonchev–Trinajstić information content (AvgIpc) is 2.73. The highest BCUT2D eigenvalue weighted by molar-refractivity contribution is 7.92. The molecule has 3 aromatic rings. The molecule has 0 saturated carbocycles. The van der Waals surface area contributed by atoms with Crippen molar-refractivity contribution in [2.24, 2.45) is 0 Å². The van der Waals surface area contributed by atoms with Crippen LogP contribution in [0.4, 0.5) is 11.4 Å². The highest BCUT2D eigenvalue weighted by Crippen LogP contribution is 2.27. The number of carbonyl (C=O) groups is 1. The van der Waals surface area contributed by atoms with Crippen molar-refractivity contribution in [3.8, 4) is 0 Å². The van der Waals surface area contributed by atoms with Gasteiger partial charge in [-0.2, -0.15) is 0 Å². The van der Waals surface area contributed by atoms with E-state index in [0.717, 1.165) is 5.56 Å². The summed E-state index contributed by atoms with van der Waals surface area (Å²) in [6.45, 7) is 1.64. The van der Waals surface area contributed by atoms with Gasteiger partial charge in [-0.05, 0) is 42.3 Å². The summed E-state index contributed by atoms with van der Waals surface area (Å²) < 4.78 is 27.8. The molecule has 144 valence electrons. The van der Waals surface area contributed by atoms with E-state index in [4.69, 9.17) is 0 Å². The molecule has 0 aromatic heterocycles. The van der Waals surface area contributed by atoms with Gasteiger partial charge in [0.05, 0.1) is 10.6 Å². The smallest absolute Gasteiger partial charge is 0.264 e. The number of benzene rings is 3. The molecule has 0 aliphatic heterocycles. The number of nitrogens with one attached hydrogen (secondary N) is 1. The molecule has 0 atom stereocenters. The predicted molar refractivity (Wildman–Crippen MR) is 112 cm³/mol. The summed E-state index contributed by atoms with van der Waals surface area (Å²) >= 11 is 0. The summed E-state index contributed by atoms with van der Waals surface area (Å²) in [6.07, 6.45) is 0.650. The maximum Gasteiger partial charge on any atom is 0.264 e. The van der Waals surface area contributed by atoms with E-state index in [2.05, 4.69) is 5.32 Å². The first-order chi connectivity index (χ1) is 13.5. The number of amides is 1. The lowest BCUT2D eigenvalue weighted by atomic mass is 10.1. The van der Waals surface area contributed by atoms with Gasteiger partial charge in [-0.15, -0.1) is 0 Å². The van der Waals surface area contributed by atoms with Crippen molar-refractivity contribution in [1.82, 2.24) is 0 Å². The fourth-order valence-electron chi connectivity index (χ4n) is 2.92. The van der Waals surface area contributed by atoms with E-state index in [0.29, 0.717) is 17.8 Å². The van der Waals surface area contributed by atoms with Crippen molar-refractivity contribution in [2.45, 2.75) is 18.2 Å². The summed E-state index contributed by atoms with van der Waals surface area (Å²) in [5.74, 6) is -0.406. The monoisotopic (exact) mass is 394 g/mol. The highest BCUT2D eigenvalue weighted by Gasteiger charge is 2.28. The maximum absolute atomic E-state index is 13.3. The number of hydrogen-bond acceptors (Lipinski definition) is 3. The molecule has 1 N–H and O–H groups in total. The lowest BCUT2D eigenvalue weighted by molar-refractivity contribution is -0.114. The van der Waals surface area contributed by atoms with Crippen molar-refractivity contribution < 1.29 is 13.2 Å². The molecule has 0 radical (unpaired) electrons. The van der Waals surface area contributed by atoms with Crippen LogP contribution in [0.5, 0.6) is 0 Å². The van der Waals surface area contributed by atoms with E-state index in [1.807, 2.05) is 25.1 Å². The van der Waals surface area contributed by atoms with Gasteiger partial charge in [-0.1, -0.05) is 61.5 Å². The summed E-state index contributed by atoms with van der Waals surface area (Å²) in [7, 11) is -3.90. The van der Waals surface area contributed by atoms with Crippen molar-refractivity contribution in [1.29, 1.82) is 0 Å². The molecular weight excluding hydrogens is 372 g/mol. The van der Waals surface area contributed by atoms with Crippen LogP contribution in [0.15, 0.2) is 89.8 Å². The van der Waals surface area contributed by atoms with E-state index < -0.39 is 15.9 Å². The lowest BCUT2D eigenvalue weighted by Crippen LogP contribution is -2.38. The highest BCUT2D eigenvalue weighted by atomic mass is 32.2. The molecule has 3 rings (SSSR count). The number of rotatable bonds is 7. The fourth-order valence-corrected chi connectivity index (χ4v) is 4.40. The molecule has 3 aromatic carbocycles. The normalized spacial score (nSPS) is 11.0. The maximum atomic E-state index is 13.3. The van der Waals surface area contributed by atoms with E-state index in [1.54, 1.807) is 54.6 Å². The second-order valence-electron chi connectivity index (χ2n) is 6.22. The Labute approximate surface area is 165 Å². The van der Waals surface area contributed by atoms with Crippen LogP contribution in [0.2, 0.25) is 0 Å². The van der Waals surface area contributed by atoms with Gasteiger partial charge < -0.3 is 5.32 Å². The van der Waals surface area contributed by atoms with Crippen LogP contribution in [-0.2, 0) is 21.2 Å². The zero-order chi connectivity index (χ0) is 20.0. The molecule has 0 aliphatic rings. The molecule has 1 amide bonds. The number of hydrogen-bond donors (Lipinski definition) is 1. The Morgan fingerprint density at radius 2 is 1.43 bits per heavy atom. The third-order valence-corrected chi connectivity index (χ3v) is 6.09. The molecule has 5 nitrogen and oxygen atoms in total. The van der Waals surface area contributed by atoms with Crippen LogP contribution in [0.25, 0.3) is 0 Å². The minimum atomic E-state index is -3.90. The molecule has 0 saturated heterocycles. The van der Waals surface area contributed by atoms with Gasteiger partial charge in [-0.25, -0.2) is 8.42 Å². The Bertz CT molecular complexity index is 1040. The average molecular weight is 394 g/mol. The first-order valence-corrected chi connectivity index (χ1v) is 10.5. The van der Waals surface area contributed by atoms with Gasteiger partial charge in [0, 0.05) is 5.69 Å². The molecule has 0 spiro atoms. The van der Waals surface area contributed by atoms with Crippen molar-refractivity contribution >= 4 is 27.3 Å². The first kappa shape index (κ1) is 19.6. The van der Waals surface area contributed by atoms with Gasteiger partial charge >= 0.3 is 0 Å². The fraction of sp³-hybridized carbons (Fsp3) is 0.136. The SMILES string of the molecule is CCc1ccccc1N(CC(=O)Nc1ccccc1)S(=O)(=O)c1ccccc1. The van der Waals surface area contributed by atoms with Crippen molar-refractivity contribution in [3.05, 3.63) is 90.5 Å². The number of anilines is 2. The Morgan fingerprint density at radius 1 is 0.857 bits per heavy atom. The lowest BCUT2D eigenvalue weighted by Gasteiger charge is -2.26. The minimum absolute atomic E-state index is 0.147. The van der Waals surface area contributed by atoms with E-state index in [9.17, 15) is 13.2 Å². The van der Waals surface area contributed by atoms with Crippen LogP contribution >= 0.6 is 0 Å². The third kappa shape index (κ3) is 4.40. The third-order valence-electron chi connectivity index (χ3n) is 4.32. The number of sulfonamides is 1. The van der Waals surface area contributed by atoms with Gasteiger partial charge in [0.2, 0.25) is 5.91 Å². The van der Waals surface area contributed by atoms with Gasteiger partial charge in [0.1, 0.15) is 6.54 Å². The van der Waals surface area contributed by atoms with E-state index in [-0.39, 0.29) is 11.4 Å². The minimum Gasteiger partial charge on any atom is -0.325 e. The topological polar surface area (TPSA) is 66.5 Å². The second-order valence-corrected chi connectivity index (χ2v) is 8.08. The summed E-state index contributed by atoms with van der Waals surface area (Å²) in [6, 6.07) is 24.4. The predicted octanol–water partition coefficient (Wildman–Crippen LogP) is 4.08. The zero-order valence-corrected chi connectivity index (χ0v) is 16.4. The Morgan fingerprint density at radius 3 is 2.07 bits per heavy atom. The second kappa shape index (κ2) is 8.71. The largest absolute Gasteiger partial charge is 0.325 e. The van der Waals surface area contributed by atoms with Crippen molar-refractivity contribution in [3.63, 3.8) is 0 Å². The molecule has 0 aliphatic carbocycles. The van der Waals surface area contributed by atoms with Gasteiger partial charge in [0.15, 0.2) is 0 Å². The van der Waals surface area contributed by atoms with E-state index in [1.165, 1.54) is 16.4 Å². The molecule has 28 heavy (non-hydrogen) atoms. The van der Waals surface area contributed by atoms with Crippen LogP contribution in [-0.4, -0.2) is 20.9 Å². The van der Waals surface area contributed by atoms with Crippen LogP contribution in [0.1, 0.15) is 12.5 Å². The number of aryl methyl sites for hydroxylation is 1. The quantitative estimate of drug-likeness (QED) is 0.657. The van der Waals surface area contributed by atoms with Crippen LogP contribution in [0.3, 0.4) is 0 Å². The molecule has 0 bridgehead atoms. The number of carbonyl (C=O) groups excluding carboxylic acids is 1. The summed E-state index contributed by atoms with van der Waals surface area (Å²) in [5.41, 5.74) is 1.99. The van der Waals surface area contributed by atoms with Crippen molar-refractivity contribution in [2.75, 3.05) is 16.2 Å². The van der Waals surface area contributed by atoms with Gasteiger partial charge in [-0.3, -0.25) is 9.10 Å². The van der Waals surface area contributed by atoms with Crippen LogP contribution < -0.4 is 9.62 Å². The number of nitrogens with zero attached hydrogens (tertiary/aromatic N) is 1. The Hall–Kier alpha value is -3.12.